The molecule has 0 radical (unpaired) electrons. The van der Waals surface area contributed by atoms with E-state index < -0.39 is 0 Å². The van der Waals surface area contributed by atoms with Gasteiger partial charge in [-0.25, -0.2) is 0 Å². The number of nitrogens with one attached hydrogen (secondary N) is 1. The van der Waals surface area contributed by atoms with Gasteiger partial charge in [0, 0.05) is 23.6 Å². The lowest BCUT2D eigenvalue weighted by atomic mass is 9.98. The van der Waals surface area contributed by atoms with Crippen LogP contribution in [0.3, 0.4) is 0 Å². The van der Waals surface area contributed by atoms with Crippen LogP contribution in [0.5, 0.6) is 11.5 Å². The molecule has 1 atom stereocenters. The molecule has 0 amide bonds. The van der Waals surface area contributed by atoms with Crippen molar-refractivity contribution in [3.05, 3.63) is 23.3 Å². The number of alkyl halides is 1. The normalized spacial score (nSPS) is 12.3. The predicted octanol–water partition coefficient (Wildman–Crippen LogP) is 2.90. The van der Waals surface area contributed by atoms with Crippen molar-refractivity contribution in [2.45, 2.75) is 19.4 Å². The topological polar surface area (TPSA) is 30.5 Å². The molecule has 3 nitrogen and oxygen atoms in total. The Hall–Kier alpha value is -0.930. The fourth-order valence-corrected chi connectivity index (χ4v) is 2.23. The highest BCUT2D eigenvalue weighted by molar-refractivity contribution is 6.17. The van der Waals surface area contributed by atoms with Gasteiger partial charge in [-0.2, -0.15) is 0 Å². The zero-order chi connectivity index (χ0) is 12.8. The lowest BCUT2D eigenvalue weighted by Gasteiger charge is -2.21. The third-order valence-corrected chi connectivity index (χ3v) is 3.09. The lowest BCUT2D eigenvalue weighted by molar-refractivity contribution is 0.384. The lowest BCUT2D eigenvalue weighted by Crippen LogP contribution is -2.19. The molecule has 1 unspecified atom stereocenters. The Morgan fingerprint density at radius 3 is 2.47 bits per heavy atom. The molecule has 1 N–H and O–H groups in total. The average molecular weight is 258 g/mol. The third-order valence-electron chi connectivity index (χ3n) is 2.87. The Morgan fingerprint density at radius 1 is 1.29 bits per heavy atom. The van der Waals surface area contributed by atoms with Crippen LogP contribution in [0.4, 0.5) is 0 Å². The standard InChI is InChI=1S/C13H20ClNO2/c1-9-7-10(16-3)8-12(17-4)13(9)11(15-2)5-6-14/h7-8,11,15H,5-6H2,1-4H3. The number of halogens is 1. The summed E-state index contributed by atoms with van der Waals surface area (Å²) >= 11 is 5.83. The van der Waals surface area contributed by atoms with Crippen LogP contribution in [-0.4, -0.2) is 27.1 Å². The van der Waals surface area contributed by atoms with Crippen molar-refractivity contribution in [3.8, 4) is 11.5 Å². The zero-order valence-corrected chi connectivity index (χ0v) is 11.6. The molecule has 1 aromatic rings. The van der Waals surface area contributed by atoms with E-state index in [9.17, 15) is 0 Å². The SMILES string of the molecule is CNC(CCCl)c1c(C)cc(OC)cc1OC. The fourth-order valence-electron chi connectivity index (χ4n) is 2.01. The van der Waals surface area contributed by atoms with Gasteiger partial charge in [0.1, 0.15) is 11.5 Å². The molecule has 0 aliphatic rings. The van der Waals surface area contributed by atoms with Crippen molar-refractivity contribution < 1.29 is 9.47 Å². The maximum absolute atomic E-state index is 5.83. The summed E-state index contributed by atoms with van der Waals surface area (Å²) in [6, 6.07) is 4.12. The minimum absolute atomic E-state index is 0.202. The Balaban J connectivity index is 3.20. The van der Waals surface area contributed by atoms with Gasteiger partial charge in [-0.1, -0.05) is 0 Å². The van der Waals surface area contributed by atoms with Crippen molar-refractivity contribution in [1.82, 2.24) is 5.32 Å². The van der Waals surface area contributed by atoms with E-state index in [2.05, 4.69) is 12.2 Å². The van der Waals surface area contributed by atoms with E-state index in [0.29, 0.717) is 5.88 Å². The molecule has 17 heavy (non-hydrogen) atoms. The first-order chi connectivity index (χ1) is 8.17. The summed E-state index contributed by atoms with van der Waals surface area (Å²) in [5.41, 5.74) is 2.29. The first-order valence-electron chi connectivity index (χ1n) is 5.63. The van der Waals surface area contributed by atoms with Crippen molar-refractivity contribution in [2.24, 2.45) is 0 Å². The van der Waals surface area contributed by atoms with Gasteiger partial charge in [0.2, 0.25) is 0 Å². The molecule has 0 saturated carbocycles. The minimum atomic E-state index is 0.202. The van der Waals surface area contributed by atoms with Gasteiger partial charge < -0.3 is 14.8 Å². The van der Waals surface area contributed by atoms with E-state index in [0.717, 1.165) is 29.0 Å². The van der Waals surface area contributed by atoms with Crippen LogP contribution in [0.15, 0.2) is 12.1 Å². The fraction of sp³-hybridized carbons (Fsp3) is 0.538. The van der Waals surface area contributed by atoms with Crippen molar-refractivity contribution in [1.29, 1.82) is 0 Å². The number of rotatable bonds is 6. The Bertz CT molecular complexity index is 369. The average Bonchev–Trinajstić information content (AvgIpc) is 2.35. The van der Waals surface area contributed by atoms with E-state index in [-0.39, 0.29) is 6.04 Å². The summed E-state index contributed by atoms with van der Waals surface area (Å²) in [5, 5.41) is 3.27. The quantitative estimate of drug-likeness (QED) is 0.795. The summed E-state index contributed by atoms with van der Waals surface area (Å²) in [4.78, 5) is 0. The van der Waals surface area contributed by atoms with Gasteiger partial charge >= 0.3 is 0 Å². The maximum atomic E-state index is 5.83. The largest absolute Gasteiger partial charge is 0.497 e. The molecule has 0 fully saturated rings. The van der Waals surface area contributed by atoms with Crippen LogP contribution < -0.4 is 14.8 Å². The first-order valence-corrected chi connectivity index (χ1v) is 6.17. The van der Waals surface area contributed by atoms with E-state index >= 15 is 0 Å². The molecule has 96 valence electrons. The number of hydrogen-bond donors (Lipinski definition) is 1. The monoisotopic (exact) mass is 257 g/mol. The summed E-state index contributed by atoms with van der Waals surface area (Å²) in [7, 11) is 5.26. The van der Waals surface area contributed by atoms with E-state index in [4.69, 9.17) is 21.1 Å². The van der Waals surface area contributed by atoms with Gasteiger partial charge in [0.05, 0.1) is 14.2 Å². The number of ether oxygens (including phenoxy) is 2. The van der Waals surface area contributed by atoms with Crippen LogP contribution >= 0.6 is 11.6 Å². The van der Waals surface area contributed by atoms with Crippen LogP contribution in [0.25, 0.3) is 0 Å². The molecule has 1 aromatic carbocycles. The Morgan fingerprint density at radius 2 is 2.00 bits per heavy atom. The van der Waals surface area contributed by atoms with Crippen molar-refractivity contribution in [3.63, 3.8) is 0 Å². The van der Waals surface area contributed by atoms with Crippen LogP contribution in [0.1, 0.15) is 23.6 Å². The molecule has 4 heteroatoms. The second-order valence-corrected chi connectivity index (χ2v) is 4.26. The zero-order valence-electron chi connectivity index (χ0n) is 10.8. The summed E-state index contributed by atoms with van der Waals surface area (Å²) in [6.45, 7) is 2.05. The number of hydrogen-bond acceptors (Lipinski definition) is 3. The van der Waals surface area contributed by atoms with Gasteiger partial charge in [0.15, 0.2) is 0 Å². The molecule has 0 bridgehead atoms. The highest BCUT2D eigenvalue weighted by atomic mass is 35.5. The third kappa shape index (κ3) is 3.27. The Kier molecular flexibility index (Phi) is 5.59. The molecule has 1 rings (SSSR count). The minimum Gasteiger partial charge on any atom is -0.497 e. The first kappa shape index (κ1) is 14.1. The van der Waals surface area contributed by atoms with Crippen LogP contribution in [0, 0.1) is 6.92 Å². The molecule has 0 spiro atoms. The Labute approximate surface area is 108 Å². The summed E-state index contributed by atoms with van der Waals surface area (Å²) in [6.07, 6.45) is 0.863. The summed E-state index contributed by atoms with van der Waals surface area (Å²) in [5.74, 6) is 2.26. The molecule has 0 aromatic heterocycles. The molecule has 0 aliphatic heterocycles. The highest BCUT2D eigenvalue weighted by Gasteiger charge is 2.17. The van der Waals surface area contributed by atoms with Crippen LogP contribution in [0.2, 0.25) is 0 Å². The molecule has 0 aliphatic carbocycles. The van der Waals surface area contributed by atoms with Gasteiger partial charge in [-0.15, -0.1) is 11.6 Å². The second-order valence-electron chi connectivity index (χ2n) is 3.88. The predicted molar refractivity (Wildman–Crippen MR) is 71.4 cm³/mol. The molecule has 0 heterocycles. The van der Waals surface area contributed by atoms with E-state index in [1.165, 1.54) is 0 Å². The molecule has 0 saturated heterocycles. The molecular formula is C13H20ClNO2. The van der Waals surface area contributed by atoms with E-state index in [1.54, 1.807) is 14.2 Å². The second kappa shape index (κ2) is 6.72. The van der Waals surface area contributed by atoms with E-state index in [1.807, 2.05) is 19.2 Å². The number of benzene rings is 1. The number of methoxy groups -OCH3 is 2. The van der Waals surface area contributed by atoms with Gasteiger partial charge in [0.25, 0.3) is 0 Å². The summed E-state index contributed by atoms with van der Waals surface area (Å²) < 4.78 is 10.7. The maximum Gasteiger partial charge on any atom is 0.127 e. The van der Waals surface area contributed by atoms with Crippen molar-refractivity contribution >= 4 is 11.6 Å². The van der Waals surface area contributed by atoms with Gasteiger partial charge in [-0.3, -0.25) is 0 Å². The highest BCUT2D eigenvalue weighted by Crippen LogP contribution is 2.34. The van der Waals surface area contributed by atoms with Crippen LogP contribution in [-0.2, 0) is 0 Å². The molecular weight excluding hydrogens is 238 g/mol. The number of aryl methyl sites for hydroxylation is 1. The van der Waals surface area contributed by atoms with Gasteiger partial charge in [-0.05, 0) is 32.0 Å². The smallest absolute Gasteiger partial charge is 0.127 e. The van der Waals surface area contributed by atoms with Crippen molar-refractivity contribution in [2.75, 3.05) is 27.1 Å².